The molecule has 0 heterocycles. The van der Waals surface area contributed by atoms with Gasteiger partial charge in [0.15, 0.2) is 0 Å². The maximum atomic E-state index is 12.4. The number of benzene rings is 1. The van der Waals surface area contributed by atoms with Crippen LogP contribution in [-0.4, -0.2) is 24.7 Å². The maximum absolute atomic E-state index is 12.4. The molecule has 1 aromatic carbocycles. The van der Waals surface area contributed by atoms with Crippen LogP contribution in [0.2, 0.25) is 0 Å². The van der Waals surface area contributed by atoms with E-state index in [1.54, 1.807) is 0 Å². The first kappa shape index (κ1) is 15.7. The summed E-state index contributed by atoms with van der Waals surface area (Å²) in [5.41, 5.74) is 0.00169. The van der Waals surface area contributed by atoms with Gasteiger partial charge in [-0.3, -0.25) is 4.79 Å². The largest absolute Gasteiger partial charge is 0.465 e. The number of likely N-dealkylation sites (N-methyl/N-ethyl adjacent to an activating group) is 1. The van der Waals surface area contributed by atoms with Crippen LogP contribution in [0, 0.1) is 0 Å². The van der Waals surface area contributed by atoms with E-state index in [0.717, 1.165) is 5.56 Å². The molecule has 0 fully saturated rings. The standard InChI is InChI=1S/C16H25NO2/c1-6-17-16(5,14(18)19-7-2)15(3,4)13-11-9-8-10-12-13/h8-12,17H,6-7H2,1-5H3. The number of carbonyl (C=O) groups excluding carboxylic acids is 1. The predicted octanol–water partition coefficient (Wildman–Crippen LogP) is 2.90. The van der Waals surface area contributed by atoms with E-state index < -0.39 is 5.54 Å². The Hall–Kier alpha value is -1.35. The summed E-state index contributed by atoms with van der Waals surface area (Å²) >= 11 is 0. The summed E-state index contributed by atoms with van der Waals surface area (Å²) in [7, 11) is 0. The third kappa shape index (κ3) is 2.98. The van der Waals surface area contributed by atoms with E-state index in [9.17, 15) is 4.79 Å². The Balaban J connectivity index is 3.20. The average Bonchev–Trinajstić information content (AvgIpc) is 2.40. The van der Waals surface area contributed by atoms with Gasteiger partial charge in [-0.05, 0) is 26.0 Å². The number of rotatable bonds is 6. The zero-order chi connectivity index (χ0) is 14.5. The van der Waals surface area contributed by atoms with Crippen LogP contribution in [0.15, 0.2) is 30.3 Å². The van der Waals surface area contributed by atoms with Crippen LogP contribution in [0.4, 0.5) is 0 Å². The highest BCUT2D eigenvalue weighted by Gasteiger charge is 2.48. The second-order valence-electron chi connectivity index (χ2n) is 5.37. The van der Waals surface area contributed by atoms with Crippen LogP contribution in [0.25, 0.3) is 0 Å². The fourth-order valence-corrected chi connectivity index (χ4v) is 2.32. The first-order valence-electron chi connectivity index (χ1n) is 6.88. The highest BCUT2D eigenvalue weighted by molar-refractivity contribution is 5.83. The summed E-state index contributed by atoms with van der Waals surface area (Å²) in [6.07, 6.45) is 0. The average molecular weight is 263 g/mol. The molecule has 0 bridgehead atoms. The lowest BCUT2D eigenvalue weighted by molar-refractivity contribution is -0.153. The minimum absolute atomic E-state index is 0.203. The fourth-order valence-electron chi connectivity index (χ4n) is 2.32. The number of hydrogen-bond donors (Lipinski definition) is 1. The topological polar surface area (TPSA) is 38.3 Å². The van der Waals surface area contributed by atoms with Gasteiger partial charge < -0.3 is 10.1 Å². The summed E-state index contributed by atoms with van der Waals surface area (Å²) < 4.78 is 5.27. The molecular formula is C16H25NO2. The van der Waals surface area contributed by atoms with Gasteiger partial charge in [0.05, 0.1) is 6.61 Å². The van der Waals surface area contributed by atoms with Gasteiger partial charge in [0.25, 0.3) is 0 Å². The van der Waals surface area contributed by atoms with Gasteiger partial charge >= 0.3 is 5.97 Å². The molecule has 0 aliphatic carbocycles. The first-order chi connectivity index (χ1) is 8.90. The van der Waals surface area contributed by atoms with E-state index in [-0.39, 0.29) is 11.4 Å². The third-order valence-electron chi connectivity index (χ3n) is 3.96. The highest BCUT2D eigenvalue weighted by atomic mass is 16.5. The van der Waals surface area contributed by atoms with Gasteiger partial charge in [-0.15, -0.1) is 0 Å². The van der Waals surface area contributed by atoms with Crippen molar-refractivity contribution in [3.63, 3.8) is 0 Å². The lowest BCUT2D eigenvalue weighted by atomic mass is 9.68. The van der Waals surface area contributed by atoms with Crippen molar-refractivity contribution in [2.45, 2.75) is 45.6 Å². The van der Waals surface area contributed by atoms with E-state index in [1.807, 2.05) is 39.0 Å². The molecule has 0 aliphatic heterocycles. The SMILES string of the molecule is CCNC(C)(C(=O)OCC)C(C)(C)c1ccccc1. The molecule has 0 spiro atoms. The summed E-state index contributed by atoms with van der Waals surface area (Å²) in [6, 6.07) is 10.1. The van der Waals surface area contributed by atoms with Crippen LogP contribution in [0.1, 0.15) is 40.2 Å². The van der Waals surface area contributed by atoms with Gasteiger partial charge in [-0.2, -0.15) is 0 Å². The molecule has 1 rings (SSSR count). The lowest BCUT2D eigenvalue weighted by Gasteiger charge is -2.43. The van der Waals surface area contributed by atoms with Gasteiger partial charge in [0, 0.05) is 5.41 Å². The quantitative estimate of drug-likeness (QED) is 0.802. The second kappa shape index (κ2) is 6.20. The maximum Gasteiger partial charge on any atom is 0.326 e. The minimum Gasteiger partial charge on any atom is -0.465 e. The molecule has 0 aliphatic rings. The predicted molar refractivity (Wildman–Crippen MR) is 78.2 cm³/mol. The Morgan fingerprint density at radius 2 is 1.74 bits per heavy atom. The first-order valence-corrected chi connectivity index (χ1v) is 6.88. The molecule has 1 aromatic rings. The van der Waals surface area contributed by atoms with Crippen LogP contribution in [-0.2, 0) is 14.9 Å². The molecule has 3 heteroatoms. The summed E-state index contributed by atoms with van der Waals surface area (Å²) in [6.45, 7) is 11.0. The number of hydrogen-bond acceptors (Lipinski definition) is 3. The van der Waals surface area contributed by atoms with E-state index in [1.165, 1.54) is 0 Å². The molecule has 1 N–H and O–H groups in total. The van der Waals surface area contributed by atoms with Gasteiger partial charge in [0.1, 0.15) is 5.54 Å². The molecular weight excluding hydrogens is 238 g/mol. The van der Waals surface area contributed by atoms with E-state index in [2.05, 4.69) is 31.3 Å². The fraction of sp³-hybridized carbons (Fsp3) is 0.562. The van der Waals surface area contributed by atoms with Gasteiger partial charge in [-0.25, -0.2) is 0 Å². The second-order valence-corrected chi connectivity index (χ2v) is 5.37. The van der Waals surface area contributed by atoms with Crippen molar-refractivity contribution in [3.05, 3.63) is 35.9 Å². The van der Waals surface area contributed by atoms with Crippen molar-refractivity contribution < 1.29 is 9.53 Å². The smallest absolute Gasteiger partial charge is 0.326 e. The molecule has 1 unspecified atom stereocenters. The van der Waals surface area contributed by atoms with Crippen LogP contribution in [0.3, 0.4) is 0 Å². The number of ether oxygens (including phenoxy) is 1. The van der Waals surface area contributed by atoms with Gasteiger partial charge in [-0.1, -0.05) is 51.1 Å². The monoisotopic (exact) mass is 263 g/mol. The molecule has 19 heavy (non-hydrogen) atoms. The van der Waals surface area contributed by atoms with E-state index in [4.69, 9.17) is 4.74 Å². The molecule has 1 atom stereocenters. The molecule has 0 saturated carbocycles. The van der Waals surface area contributed by atoms with E-state index in [0.29, 0.717) is 13.2 Å². The van der Waals surface area contributed by atoms with Crippen molar-refractivity contribution in [2.24, 2.45) is 0 Å². The molecule has 0 amide bonds. The van der Waals surface area contributed by atoms with Crippen LogP contribution >= 0.6 is 0 Å². The van der Waals surface area contributed by atoms with Gasteiger partial charge in [0.2, 0.25) is 0 Å². The number of carbonyl (C=O) groups is 1. The summed E-state index contributed by atoms with van der Waals surface area (Å²) in [4.78, 5) is 12.4. The lowest BCUT2D eigenvalue weighted by Crippen LogP contribution is -2.62. The Labute approximate surface area is 116 Å². The molecule has 106 valence electrons. The summed E-state index contributed by atoms with van der Waals surface area (Å²) in [5, 5.41) is 3.31. The number of nitrogens with one attached hydrogen (secondary N) is 1. The Morgan fingerprint density at radius 3 is 2.21 bits per heavy atom. The Morgan fingerprint density at radius 1 is 1.16 bits per heavy atom. The van der Waals surface area contributed by atoms with Crippen molar-refractivity contribution in [3.8, 4) is 0 Å². The molecule has 0 aromatic heterocycles. The summed E-state index contributed by atoms with van der Waals surface area (Å²) in [5.74, 6) is -0.203. The molecule has 0 saturated heterocycles. The molecule has 0 radical (unpaired) electrons. The third-order valence-corrected chi connectivity index (χ3v) is 3.96. The van der Waals surface area contributed by atoms with Crippen molar-refractivity contribution in [1.82, 2.24) is 5.32 Å². The number of esters is 1. The van der Waals surface area contributed by atoms with Crippen molar-refractivity contribution in [1.29, 1.82) is 0 Å². The van der Waals surface area contributed by atoms with Crippen molar-refractivity contribution in [2.75, 3.05) is 13.2 Å². The zero-order valence-corrected chi connectivity index (χ0v) is 12.6. The Bertz CT molecular complexity index is 414. The molecule has 3 nitrogen and oxygen atoms in total. The van der Waals surface area contributed by atoms with Crippen LogP contribution < -0.4 is 5.32 Å². The van der Waals surface area contributed by atoms with Crippen molar-refractivity contribution >= 4 is 5.97 Å². The highest BCUT2D eigenvalue weighted by Crippen LogP contribution is 2.35. The zero-order valence-electron chi connectivity index (χ0n) is 12.6. The van der Waals surface area contributed by atoms with E-state index >= 15 is 0 Å². The minimum atomic E-state index is -0.751. The van der Waals surface area contributed by atoms with Crippen LogP contribution in [0.5, 0.6) is 0 Å². The Kier molecular flexibility index (Phi) is 5.12. The normalized spacial score (nSPS) is 14.8.